The molecular weight excluding hydrogens is 224 g/mol. The molecule has 1 amide bonds. The van der Waals surface area contributed by atoms with Crippen molar-refractivity contribution in [3.63, 3.8) is 0 Å². The maximum atomic E-state index is 11.6. The van der Waals surface area contributed by atoms with E-state index in [1.165, 1.54) is 18.2 Å². The molecule has 0 bridgehead atoms. The van der Waals surface area contributed by atoms with Crippen molar-refractivity contribution in [3.05, 3.63) is 23.8 Å². The van der Waals surface area contributed by atoms with Crippen LogP contribution >= 0.6 is 0 Å². The van der Waals surface area contributed by atoms with Crippen LogP contribution in [0.1, 0.15) is 10.4 Å². The summed E-state index contributed by atoms with van der Waals surface area (Å²) in [5.74, 6) is -1.76. The summed E-state index contributed by atoms with van der Waals surface area (Å²) in [4.78, 5) is 22.2. The van der Waals surface area contributed by atoms with Gasteiger partial charge in [-0.2, -0.15) is 0 Å². The second-order valence-electron chi connectivity index (χ2n) is 3.88. The Morgan fingerprint density at radius 3 is 2.53 bits per heavy atom. The Kier molecular flexibility index (Phi) is 2.97. The van der Waals surface area contributed by atoms with E-state index in [-0.39, 0.29) is 23.1 Å². The number of hydrogen-bond donors (Lipinski definition) is 4. The first-order valence-electron chi connectivity index (χ1n) is 5.16. The maximum Gasteiger partial charge on any atom is 0.339 e. The van der Waals surface area contributed by atoms with Crippen LogP contribution in [0.2, 0.25) is 0 Å². The highest BCUT2D eigenvalue weighted by molar-refractivity contribution is 5.95. The van der Waals surface area contributed by atoms with Crippen molar-refractivity contribution in [3.8, 4) is 5.75 Å². The highest BCUT2D eigenvalue weighted by atomic mass is 16.4. The summed E-state index contributed by atoms with van der Waals surface area (Å²) >= 11 is 0. The molecule has 0 radical (unpaired) electrons. The van der Waals surface area contributed by atoms with Gasteiger partial charge in [-0.1, -0.05) is 0 Å². The molecule has 4 N–H and O–H groups in total. The third-order valence-electron chi connectivity index (χ3n) is 2.65. The molecule has 90 valence electrons. The van der Waals surface area contributed by atoms with Crippen molar-refractivity contribution >= 4 is 17.6 Å². The standard InChI is InChI=1S/C11H12N2O4/c14-9-3-7(1-2-8(9)11(16)17)13-10(15)6-4-12-5-6/h1-3,6,12,14H,4-5H2,(H,13,15)(H,16,17). The Bertz CT molecular complexity index is 469. The third kappa shape index (κ3) is 2.36. The van der Waals surface area contributed by atoms with Crippen LogP contribution in [0, 0.1) is 5.92 Å². The van der Waals surface area contributed by atoms with Gasteiger partial charge in [-0.25, -0.2) is 4.79 Å². The quantitative estimate of drug-likeness (QED) is 0.603. The molecule has 1 aliphatic rings. The number of rotatable bonds is 3. The predicted octanol–water partition coefficient (Wildman–Crippen LogP) is 0.248. The van der Waals surface area contributed by atoms with Crippen LogP contribution in [0.4, 0.5) is 5.69 Å². The van der Waals surface area contributed by atoms with Gasteiger partial charge in [0.2, 0.25) is 5.91 Å². The molecule has 17 heavy (non-hydrogen) atoms. The predicted molar refractivity (Wildman–Crippen MR) is 60.1 cm³/mol. The number of benzene rings is 1. The molecule has 0 spiro atoms. The summed E-state index contributed by atoms with van der Waals surface area (Å²) in [6.45, 7) is 1.29. The Morgan fingerprint density at radius 2 is 2.06 bits per heavy atom. The van der Waals surface area contributed by atoms with Crippen molar-refractivity contribution < 1.29 is 19.8 Å². The van der Waals surface area contributed by atoms with Crippen LogP contribution in [0.25, 0.3) is 0 Å². The summed E-state index contributed by atoms with van der Waals surface area (Å²) in [6.07, 6.45) is 0. The van der Waals surface area contributed by atoms with E-state index in [4.69, 9.17) is 5.11 Å². The third-order valence-corrected chi connectivity index (χ3v) is 2.65. The lowest BCUT2D eigenvalue weighted by atomic mass is 10.0. The molecule has 6 heteroatoms. The normalized spacial score (nSPS) is 15.1. The minimum atomic E-state index is -1.21. The number of hydrogen-bond acceptors (Lipinski definition) is 4. The Hall–Kier alpha value is -2.08. The fourth-order valence-corrected chi connectivity index (χ4v) is 1.51. The molecule has 1 aromatic rings. The van der Waals surface area contributed by atoms with Gasteiger partial charge in [-0.05, 0) is 12.1 Å². The zero-order chi connectivity index (χ0) is 12.4. The molecule has 0 atom stereocenters. The van der Waals surface area contributed by atoms with Crippen LogP contribution in [0.5, 0.6) is 5.75 Å². The lowest BCUT2D eigenvalue weighted by molar-refractivity contribution is -0.121. The van der Waals surface area contributed by atoms with Crippen molar-refractivity contribution in [2.75, 3.05) is 18.4 Å². The number of aromatic hydroxyl groups is 1. The summed E-state index contributed by atoms with van der Waals surface area (Å²) in [6, 6.07) is 3.94. The van der Waals surface area contributed by atoms with Gasteiger partial charge in [-0.3, -0.25) is 4.79 Å². The van der Waals surface area contributed by atoms with E-state index in [2.05, 4.69) is 10.6 Å². The number of aromatic carboxylic acids is 1. The van der Waals surface area contributed by atoms with Gasteiger partial charge in [0.25, 0.3) is 0 Å². The van der Waals surface area contributed by atoms with Crippen LogP contribution in [0.15, 0.2) is 18.2 Å². The first-order chi connectivity index (χ1) is 8.08. The molecule has 1 saturated heterocycles. The van der Waals surface area contributed by atoms with Crippen LogP contribution < -0.4 is 10.6 Å². The highest BCUT2D eigenvalue weighted by Gasteiger charge is 2.24. The van der Waals surface area contributed by atoms with E-state index in [9.17, 15) is 14.7 Å². The largest absolute Gasteiger partial charge is 0.507 e. The molecule has 0 unspecified atom stereocenters. The van der Waals surface area contributed by atoms with E-state index in [1.54, 1.807) is 0 Å². The Balaban J connectivity index is 2.09. The molecule has 1 fully saturated rings. The minimum Gasteiger partial charge on any atom is -0.507 e. The second kappa shape index (κ2) is 4.42. The average Bonchev–Trinajstić information content (AvgIpc) is 2.13. The SMILES string of the molecule is O=C(O)c1ccc(NC(=O)C2CNC2)cc1O. The number of carbonyl (C=O) groups excluding carboxylic acids is 1. The zero-order valence-corrected chi connectivity index (χ0v) is 8.93. The van der Waals surface area contributed by atoms with Gasteiger partial charge in [0, 0.05) is 24.8 Å². The molecule has 0 aliphatic carbocycles. The molecule has 0 saturated carbocycles. The lowest BCUT2D eigenvalue weighted by Gasteiger charge is -2.25. The number of nitrogens with one attached hydrogen (secondary N) is 2. The number of amides is 1. The van der Waals surface area contributed by atoms with Crippen LogP contribution in [-0.4, -0.2) is 35.2 Å². The number of anilines is 1. The Morgan fingerprint density at radius 1 is 1.35 bits per heavy atom. The Labute approximate surface area is 97.3 Å². The molecule has 1 aliphatic heterocycles. The fourth-order valence-electron chi connectivity index (χ4n) is 1.51. The van der Waals surface area contributed by atoms with Crippen molar-refractivity contribution in [2.45, 2.75) is 0 Å². The fraction of sp³-hybridized carbons (Fsp3) is 0.273. The van der Waals surface area contributed by atoms with Gasteiger partial charge in [0.15, 0.2) is 0 Å². The average molecular weight is 236 g/mol. The monoisotopic (exact) mass is 236 g/mol. The van der Waals surface area contributed by atoms with E-state index in [1.807, 2.05) is 0 Å². The lowest BCUT2D eigenvalue weighted by Crippen LogP contribution is -2.48. The molecular formula is C11H12N2O4. The van der Waals surface area contributed by atoms with E-state index in [0.29, 0.717) is 18.8 Å². The zero-order valence-electron chi connectivity index (χ0n) is 8.93. The summed E-state index contributed by atoms with van der Waals surface area (Å²) in [5.41, 5.74) is 0.206. The van der Waals surface area contributed by atoms with Crippen LogP contribution in [-0.2, 0) is 4.79 Å². The van der Waals surface area contributed by atoms with E-state index >= 15 is 0 Å². The topological polar surface area (TPSA) is 98.7 Å². The maximum absolute atomic E-state index is 11.6. The number of phenols is 1. The molecule has 1 aromatic carbocycles. The summed E-state index contributed by atoms with van der Waals surface area (Å²) in [5, 5.41) is 23.8. The van der Waals surface area contributed by atoms with Gasteiger partial charge >= 0.3 is 5.97 Å². The van der Waals surface area contributed by atoms with E-state index < -0.39 is 5.97 Å². The number of carboxylic acids is 1. The van der Waals surface area contributed by atoms with Crippen molar-refractivity contribution in [1.82, 2.24) is 5.32 Å². The first-order valence-corrected chi connectivity index (χ1v) is 5.16. The summed E-state index contributed by atoms with van der Waals surface area (Å²) < 4.78 is 0. The molecule has 0 aromatic heterocycles. The van der Waals surface area contributed by atoms with Gasteiger partial charge in [0.1, 0.15) is 11.3 Å². The minimum absolute atomic E-state index is 0.0590. The van der Waals surface area contributed by atoms with Crippen molar-refractivity contribution in [1.29, 1.82) is 0 Å². The summed E-state index contributed by atoms with van der Waals surface area (Å²) in [7, 11) is 0. The van der Waals surface area contributed by atoms with Crippen LogP contribution in [0.3, 0.4) is 0 Å². The van der Waals surface area contributed by atoms with Gasteiger partial charge in [-0.15, -0.1) is 0 Å². The van der Waals surface area contributed by atoms with Gasteiger partial charge in [0.05, 0.1) is 5.92 Å². The van der Waals surface area contributed by atoms with Gasteiger partial charge < -0.3 is 20.8 Å². The van der Waals surface area contributed by atoms with Crippen molar-refractivity contribution in [2.24, 2.45) is 5.92 Å². The highest BCUT2D eigenvalue weighted by Crippen LogP contribution is 2.22. The molecule has 6 nitrogen and oxygen atoms in total. The first kappa shape index (κ1) is 11.4. The second-order valence-corrected chi connectivity index (χ2v) is 3.88. The molecule has 1 heterocycles. The number of carbonyl (C=O) groups is 2. The number of carboxylic acid groups (broad SMARTS) is 1. The van der Waals surface area contributed by atoms with E-state index in [0.717, 1.165) is 0 Å². The smallest absolute Gasteiger partial charge is 0.339 e. The molecule has 2 rings (SSSR count).